The predicted octanol–water partition coefficient (Wildman–Crippen LogP) is 4.07. The van der Waals surface area contributed by atoms with Crippen LogP contribution in [0.2, 0.25) is 0 Å². The van der Waals surface area contributed by atoms with Gasteiger partial charge in [-0.05, 0) is 39.5 Å². The molecule has 0 aromatic rings. The van der Waals surface area contributed by atoms with Gasteiger partial charge in [0.15, 0.2) is 6.10 Å². The van der Waals surface area contributed by atoms with Crippen molar-refractivity contribution in [3.63, 3.8) is 0 Å². The highest BCUT2D eigenvalue weighted by Crippen LogP contribution is 2.07. The summed E-state index contributed by atoms with van der Waals surface area (Å²) in [6.45, 7) is 6.36. The molecule has 132 valence electrons. The maximum Gasteiger partial charge on any atom is 0.509 e. The van der Waals surface area contributed by atoms with Crippen LogP contribution in [-0.4, -0.2) is 38.2 Å². The summed E-state index contributed by atoms with van der Waals surface area (Å²) < 4.78 is 19.5. The summed E-state index contributed by atoms with van der Waals surface area (Å²) in [5.74, 6) is 5.98. The molecule has 0 rings (SSSR count). The number of unbranched alkanes of at least 4 members (excludes halogenated alkanes) is 3. The first-order valence-electron chi connectivity index (χ1n) is 8.25. The molecule has 0 bridgehead atoms. The summed E-state index contributed by atoms with van der Waals surface area (Å²) in [7, 11) is 0. The van der Waals surface area contributed by atoms with Gasteiger partial charge in [-0.2, -0.15) is 0 Å². The molecule has 0 saturated carbocycles. The third kappa shape index (κ3) is 13.5. The molecule has 6 nitrogen and oxygen atoms in total. The summed E-state index contributed by atoms with van der Waals surface area (Å²) in [5.41, 5.74) is 0. The van der Waals surface area contributed by atoms with E-state index in [0.717, 1.165) is 19.3 Å². The van der Waals surface area contributed by atoms with Crippen LogP contribution in [0.3, 0.4) is 0 Å². The lowest BCUT2D eigenvalue weighted by Crippen LogP contribution is -2.18. The van der Waals surface area contributed by atoms with Crippen LogP contribution in [0.15, 0.2) is 0 Å². The largest absolute Gasteiger partial charge is 0.509 e. The SMILES string of the molecule is CCCCC#CC(CCCCOC(=O)OCC)OC(=O)OCC. The molecule has 0 amide bonds. The molecule has 0 aliphatic carbocycles. The van der Waals surface area contributed by atoms with Crippen molar-refractivity contribution in [3.8, 4) is 11.8 Å². The molecular weight excluding hydrogens is 300 g/mol. The Morgan fingerprint density at radius 3 is 2.26 bits per heavy atom. The third-order valence-electron chi connectivity index (χ3n) is 2.76. The molecule has 6 heteroatoms. The Hall–Kier alpha value is -1.90. The van der Waals surface area contributed by atoms with E-state index in [1.165, 1.54) is 0 Å². The van der Waals surface area contributed by atoms with Crippen LogP contribution >= 0.6 is 0 Å². The quantitative estimate of drug-likeness (QED) is 0.342. The van der Waals surface area contributed by atoms with Crippen LogP contribution in [0, 0.1) is 11.8 Å². The minimum Gasteiger partial charge on any atom is -0.435 e. The van der Waals surface area contributed by atoms with Crippen LogP contribution in [0.25, 0.3) is 0 Å². The maximum atomic E-state index is 11.4. The van der Waals surface area contributed by atoms with Crippen molar-refractivity contribution in [2.45, 2.75) is 65.4 Å². The maximum absolute atomic E-state index is 11.4. The zero-order valence-corrected chi connectivity index (χ0v) is 14.4. The number of rotatable bonds is 10. The Balaban J connectivity index is 4.10. The Morgan fingerprint density at radius 1 is 0.913 bits per heavy atom. The number of hydrogen-bond donors (Lipinski definition) is 0. The van der Waals surface area contributed by atoms with Gasteiger partial charge in [-0.3, -0.25) is 0 Å². The lowest BCUT2D eigenvalue weighted by atomic mass is 10.1. The highest BCUT2D eigenvalue weighted by atomic mass is 16.7. The average molecular weight is 328 g/mol. The van der Waals surface area contributed by atoms with E-state index in [4.69, 9.17) is 14.2 Å². The molecule has 0 heterocycles. The van der Waals surface area contributed by atoms with Crippen molar-refractivity contribution in [2.75, 3.05) is 19.8 Å². The second kappa shape index (κ2) is 15.0. The van der Waals surface area contributed by atoms with Gasteiger partial charge in [-0.25, -0.2) is 9.59 Å². The zero-order valence-electron chi connectivity index (χ0n) is 14.4. The lowest BCUT2D eigenvalue weighted by Gasteiger charge is -2.12. The fraction of sp³-hybridized carbons (Fsp3) is 0.765. The Morgan fingerprint density at radius 2 is 1.61 bits per heavy atom. The number of hydrogen-bond acceptors (Lipinski definition) is 6. The topological polar surface area (TPSA) is 71.1 Å². The highest BCUT2D eigenvalue weighted by Gasteiger charge is 2.12. The molecule has 0 spiro atoms. The van der Waals surface area contributed by atoms with E-state index in [-0.39, 0.29) is 13.2 Å². The van der Waals surface area contributed by atoms with E-state index >= 15 is 0 Å². The fourth-order valence-electron chi connectivity index (χ4n) is 1.63. The van der Waals surface area contributed by atoms with E-state index in [1.807, 2.05) is 0 Å². The van der Waals surface area contributed by atoms with Gasteiger partial charge in [0.2, 0.25) is 0 Å². The molecule has 0 aliphatic heterocycles. The summed E-state index contributed by atoms with van der Waals surface area (Å²) in [5, 5.41) is 0. The lowest BCUT2D eigenvalue weighted by molar-refractivity contribution is 0.0389. The first-order valence-corrected chi connectivity index (χ1v) is 8.25. The molecule has 0 fully saturated rings. The van der Waals surface area contributed by atoms with E-state index in [9.17, 15) is 9.59 Å². The van der Waals surface area contributed by atoms with Crippen LogP contribution in [0.1, 0.15) is 59.3 Å². The summed E-state index contributed by atoms with van der Waals surface area (Å²) in [4.78, 5) is 22.4. The van der Waals surface area contributed by atoms with Crippen LogP contribution in [0.5, 0.6) is 0 Å². The van der Waals surface area contributed by atoms with Crippen molar-refractivity contribution < 1.29 is 28.5 Å². The van der Waals surface area contributed by atoms with Gasteiger partial charge in [-0.1, -0.05) is 25.2 Å². The summed E-state index contributed by atoms with van der Waals surface area (Å²) >= 11 is 0. The normalized spacial score (nSPS) is 10.9. The Bertz CT molecular complexity index is 382. The molecule has 1 atom stereocenters. The van der Waals surface area contributed by atoms with Gasteiger partial charge in [-0.15, -0.1) is 0 Å². The highest BCUT2D eigenvalue weighted by molar-refractivity contribution is 5.60. The van der Waals surface area contributed by atoms with Gasteiger partial charge in [0.25, 0.3) is 0 Å². The fourth-order valence-corrected chi connectivity index (χ4v) is 1.63. The summed E-state index contributed by atoms with van der Waals surface area (Å²) in [6, 6.07) is 0. The van der Waals surface area contributed by atoms with E-state index in [1.54, 1.807) is 13.8 Å². The standard InChI is InChI=1S/C17H28O6/c1-4-7-8-9-12-15(23-17(19)21-6-3)13-10-11-14-22-16(18)20-5-2/h15H,4-8,10-11,13-14H2,1-3H3. The Labute approximate surface area is 138 Å². The number of carbonyl (C=O) groups is 2. The molecular formula is C17H28O6. The van der Waals surface area contributed by atoms with Crippen LogP contribution in [-0.2, 0) is 18.9 Å². The molecule has 0 aromatic heterocycles. The minimum atomic E-state index is -0.704. The second-order valence-corrected chi connectivity index (χ2v) is 4.74. The minimum absolute atomic E-state index is 0.266. The Kier molecular flexibility index (Phi) is 13.8. The van der Waals surface area contributed by atoms with Crippen molar-refractivity contribution in [1.82, 2.24) is 0 Å². The smallest absolute Gasteiger partial charge is 0.435 e. The van der Waals surface area contributed by atoms with Gasteiger partial charge < -0.3 is 18.9 Å². The van der Waals surface area contributed by atoms with E-state index in [2.05, 4.69) is 23.5 Å². The van der Waals surface area contributed by atoms with Crippen molar-refractivity contribution in [1.29, 1.82) is 0 Å². The molecule has 0 radical (unpaired) electrons. The van der Waals surface area contributed by atoms with E-state index in [0.29, 0.717) is 25.9 Å². The van der Waals surface area contributed by atoms with Gasteiger partial charge >= 0.3 is 12.3 Å². The predicted molar refractivity (Wildman–Crippen MR) is 86.0 cm³/mol. The number of ether oxygens (including phenoxy) is 4. The molecule has 23 heavy (non-hydrogen) atoms. The van der Waals surface area contributed by atoms with Crippen molar-refractivity contribution in [3.05, 3.63) is 0 Å². The third-order valence-corrected chi connectivity index (χ3v) is 2.76. The monoisotopic (exact) mass is 328 g/mol. The van der Waals surface area contributed by atoms with Gasteiger partial charge in [0, 0.05) is 6.42 Å². The average Bonchev–Trinajstić information content (AvgIpc) is 2.51. The van der Waals surface area contributed by atoms with Crippen LogP contribution < -0.4 is 0 Å². The summed E-state index contributed by atoms with van der Waals surface area (Å²) in [6.07, 6.45) is 2.96. The second-order valence-electron chi connectivity index (χ2n) is 4.74. The van der Waals surface area contributed by atoms with Crippen molar-refractivity contribution >= 4 is 12.3 Å². The van der Waals surface area contributed by atoms with Gasteiger partial charge in [0.05, 0.1) is 19.8 Å². The molecule has 0 N–H and O–H groups in total. The molecule has 1 unspecified atom stereocenters. The number of carbonyl (C=O) groups excluding carboxylic acids is 2. The molecule has 0 aromatic carbocycles. The van der Waals surface area contributed by atoms with E-state index < -0.39 is 18.4 Å². The first kappa shape index (κ1) is 21.1. The van der Waals surface area contributed by atoms with Crippen LogP contribution in [0.4, 0.5) is 9.59 Å². The zero-order chi connectivity index (χ0) is 17.3. The molecule has 0 aliphatic rings. The van der Waals surface area contributed by atoms with Gasteiger partial charge in [0.1, 0.15) is 0 Å². The molecule has 0 saturated heterocycles. The van der Waals surface area contributed by atoms with Crippen molar-refractivity contribution in [2.24, 2.45) is 0 Å². The first-order chi connectivity index (χ1) is 11.1.